The minimum atomic E-state index is -4.50. The third-order valence-corrected chi connectivity index (χ3v) is 5.62. The number of nitrogens with zero attached hydrogens (tertiary/aromatic N) is 5. The van der Waals surface area contributed by atoms with Crippen LogP contribution in [0, 0.1) is 13.8 Å². The molecule has 0 radical (unpaired) electrons. The van der Waals surface area contributed by atoms with Gasteiger partial charge in [-0.15, -0.1) is 0 Å². The molecule has 162 valence electrons. The van der Waals surface area contributed by atoms with E-state index in [1.54, 1.807) is 21.8 Å². The smallest absolute Gasteiger partial charge is 0.305 e. The Balaban J connectivity index is 1.47. The molecule has 0 fully saturated rings. The van der Waals surface area contributed by atoms with Gasteiger partial charge in [-0.1, -0.05) is 6.07 Å². The molecule has 0 unspecified atom stereocenters. The Hall–Kier alpha value is -3.75. The lowest BCUT2D eigenvalue weighted by molar-refractivity contribution is -0.140. The summed E-state index contributed by atoms with van der Waals surface area (Å²) in [6.45, 7) is 4.93. The van der Waals surface area contributed by atoms with Gasteiger partial charge in [0, 0.05) is 23.4 Å². The quantitative estimate of drug-likeness (QED) is 0.452. The molecule has 0 bridgehead atoms. The van der Waals surface area contributed by atoms with Gasteiger partial charge in [-0.05, 0) is 55.8 Å². The number of aromatic nitrogens is 4. The van der Waals surface area contributed by atoms with E-state index in [0.29, 0.717) is 30.0 Å². The van der Waals surface area contributed by atoms with Crippen LogP contribution >= 0.6 is 0 Å². The van der Waals surface area contributed by atoms with Crippen LogP contribution in [0.4, 0.5) is 18.9 Å². The first-order chi connectivity index (χ1) is 15.2. The first-order valence-corrected chi connectivity index (χ1v) is 10.0. The van der Waals surface area contributed by atoms with E-state index in [2.05, 4.69) is 15.1 Å². The van der Waals surface area contributed by atoms with Crippen molar-refractivity contribution in [3.05, 3.63) is 71.2 Å². The molecule has 4 aromatic rings. The van der Waals surface area contributed by atoms with Gasteiger partial charge in [0.05, 0.1) is 29.5 Å². The highest BCUT2D eigenvalue weighted by Gasteiger charge is 2.32. The number of halogens is 3. The lowest BCUT2D eigenvalue weighted by Gasteiger charge is -2.29. The highest BCUT2D eigenvalue weighted by molar-refractivity contribution is 6.07. The number of carbonyl (C=O) groups is 1. The van der Waals surface area contributed by atoms with Crippen LogP contribution in [0.15, 0.2) is 48.7 Å². The van der Waals surface area contributed by atoms with Crippen LogP contribution in [0.2, 0.25) is 0 Å². The topological polar surface area (TPSA) is 63.9 Å². The molecular weight excluding hydrogens is 419 g/mol. The van der Waals surface area contributed by atoms with Crippen molar-refractivity contribution in [2.45, 2.75) is 26.6 Å². The van der Waals surface area contributed by atoms with Crippen molar-refractivity contribution in [1.82, 2.24) is 19.7 Å². The minimum Gasteiger partial charge on any atom is -0.305 e. The Bertz CT molecular complexity index is 1380. The highest BCUT2D eigenvalue weighted by atomic mass is 19.4. The number of rotatable bonds is 2. The maximum absolute atomic E-state index is 13.0. The standard InChI is InChI=1S/C23H18F3N5O/c1-13-11-15(16-4-5-18-17(28-16)6-8-20(29-18)23(24,25)26)3-7-19(13)30-9-10-31-21(22(30)32)14(2)12-27-31/h3-8,11-12H,9-10H2,1-2H3. The van der Waals surface area contributed by atoms with E-state index in [9.17, 15) is 18.0 Å². The first-order valence-electron chi connectivity index (χ1n) is 10.0. The fourth-order valence-corrected chi connectivity index (χ4v) is 4.03. The van der Waals surface area contributed by atoms with Gasteiger partial charge in [0.25, 0.3) is 5.91 Å². The Morgan fingerprint density at radius 1 is 0.906 bits per heavy atom. The van der Waals surface area contributed by atoms with Gasteiger partial charge in [0.15, 0.2) is 0 Å². The number of pyridine rings is 2. The second kappa shape index (κ2) is 7.15. The Morgan fingerprint density at radius 2 is 1.66 bits per heavy atom. The molecule has 0 saturated carbocycles. The summed E-state index contributed by atoms with van der Waals surface area (Å²) in [6.07, 6.45) is -2.80. The van der Waals surface area contributed by atoms with Crippen molar-refractivity contribution >= 4 is 22.6 Å². The fraction of sp³-hybridized carbons (Fsp3) is 0.217. The molecule has 0 spiro atoms. The summed E-state index contributed by atoms with van der Waals surface area (Å²) in [7, 11) is 0. The summed E-state index contributed by atoms with van der Waals surface area (Å²) in [5.74, 6) is -0.0857. The van der Waals surface area contributed by atoms with Crippen molar-refractivity contribution in [3.8, 4) is 11.3 Å². The van der Waals surface area contributed by atoms with Crippen LogP contribution in [0.5, 0.6) is 0 Å². The molecule has 5 rings (SSSR count). The molecule has 1 aliphatic rings. The summed E-state index contributed by atoms with van der Waals surface area (Å²) in [4.78, 5) is 22.9. The van der Waals surface area contributed by atoms with Crippen molar-refractivity contribution in [3.63, 3.8) is 0 Å². The van der Waals surface area contributed by atoms with Crippen molar-refractivity contribution in [2.24, 2.45) is 0 Å². The van der Waals surface area contributed by atoms with Gasteiger partial charge >= 0.3 is 6.18 Å². The van der Waals surface area contributed by atoms with Crippen molar-refractivity contribution in [1.29, 1.82) is 0 Å². The molecule has 32 heavy (non-hydrogen) atoms. The predicted molar refractivity (Wildman–Crippen MR) is 113 cm³/mol. The zero-order valence-electron chi connectivity index (χ0n) is 17.3. The normalized spacial score (nSPS) is 14.2. The van der Waals surface area contributed by atoms with Gasteiger partial charge < -0.3 is 4.90 Å². The molecule has 0 N–H and O–H groups in total. The number of anilines is 1. The molecule has 3 aromatic heterocycles. The number of hydrogen-bond acceptors (Lipinski definition) is 4. The SMILES string of the molecule is Cc1cc(-c2ccc3nc(C(F)(F)F)ccc3n2)ccc1N1CCn2ncc(C)c2C1=O. The average molecular weight is 437 g/mol. The van der Waals surface area contributed by atoms with Crippen LogP contribution in [0.3, 0.4) is 0 Å². The van der Waals surface area contributed by atoms with E-state index in [1.807, 2.05) is 32.0 Å². The van der Waals surface area contributed by atoms with E-state index in [1.165, 1.54) is 12.1 Å². The van der Waals surface area contributed by atoms with Gasteiger partial charge in [-0.3, -0.25) is 9.48 Å². The molecule has 0 aliphatic carbocycles. The van der Waals surface area contributed by atoms with Crippen LogP contribution in [-0.4, -0.2) is 32.2 Å². The molecule has 4 heterocycles. The summed E-state index contributed by atoms with van der Waals surface area (Å²) in [6, 6.07) is 11.1. The number of aryl methyl sites for hydroxylation is 2. The van der Waals surface area contributed by atoms with E-state index in [-0.39, 0.29) is 11.4 Å². The molecule has 0 saturated heterocycles. The first kappa shape index (κ1) is 20.2. The fourth-order valence-electron chi connectivity index (χ4n) is 4.03. The lowest BCUT2D eigenvalue weighted by Crippen LogP contribution is -2.41. The second-order valence-electron chi connectivity index (χ2n) is 7.79. The Morgan fingerprint density at radius 3 is 2.41 bits per heavy atom. The number of hydrogen-bond donors (Lipinski definition) is 0. The second-order valence-corrected chi connectivity index (χ2v) is 7.79. The van der Waals surface area contributed by atoms with Crippen molar-refractivity contribution < 1.29 is 18.0 Å². The summed E-state index contributed by atoms with van der Waals surface area (Å²) < 4.78 is 40.4. The number of carbonyl (C=O) groups excluding carboxylic acids is 1. The zero-order chi connectivity index (χ0) is 22.6. The summed E-state index contributed by atoms with van der Waals surface area (Å²) in [5, 5.41) is 4.25. The monoisotopic (exact) mass is 437 g/mol. The molecule has 1 aromatic carbocycles. The number of alkyl halides is 3. The third-order valence-electron chi connectivity index (χ3n) is 5.62. The number of fused-ring (bicyclic) bond motifs is 2. The van der Waals surface area contributed by atoms with Gasteiger partial charge in [0.2, 0.25) is 0 Å². The molecule has 1 aliphatic heterocycles. The average Bonchev–Trinajstić information content (AvgIpc) is 3.14. The van der Waals surface area contributed by atoms with Crippen LogP contribution in [-0.2, 0) is 12.7 Å². The van der Waals surface area contributed by atoms with E-state index < -0.39 is 11.9 Å². The largest absolute Gasteiger partial charge is 0.433 e. The van der Waals surface area contributed by atoms with Gasteiger partial charge in [0.1, 0.15) is 11.4 Å². The zero-order valence-corrected chi connectivity index (χ0v) is 17.3. The van der Waals surface area contributed by atoms with Gasteiger partial charge in [-0.25, -0.2) is 9.97 Å². The van der Waals surface area contributed by atoms with E-state index in [0.717, 1.165) is 28.4 Å². The van der Waals surface area contributed by atoms with E-state index in [4.69, 9.17) is 0 Å². The number of amides is 1. The summed E-state index contributed by atoms with van der Waals surface area (Å²) >= 11 is 0. The molecule has 9 heteroatoms. The highest BCUT2D eigenvalue weighted by Crippen LogP contribution is 2.31. The predicted octanol–water partition coefficient (Wildman–Crippen LogP) is 4.79. The molecule has 6 nitrogen and oxygen atoms in total. The van der Waals surface area contributed by atoms with E-state index >= 15 is 0 Å². The number of benzene rings is 1. The Labute approximate surface area is 181 Å². The van der Waals surface area contributed by atoms with Crippen LogP contribution in [0.1, 0.15) is 27.3 Å². The molecule has 0 atom stereocenters. The van der Waals surface area contributed by atoms with Gasteiger partial charge in [-0.2, -0.15) is 18.3 Å². The summed E-state index contributed by atoms with van der Waals surface area (Å²) in [5.41, 5.74) is 4.19. The van der Waals surface area contributed by atoms with Crippen LogP contribution < -0.4 is 4.90 Å². The molecule has 1 amide bonds. The maximum Gasteiger partial charge on any atom is 0.433 e. The minimum absolute atomic E-state index is 0.0857. The maximum atomic E-state index is 13.0. The lowest BCUT2D eigenvalue weighted by atomic mass is 10.0. The Kier molecular flexibility index (Phi) is 4.51. The van der Waals surface area contributed by atoms with Crippen LogP contribution in [0.25, 0.3) is 22.3 Å². The third kappa shape index (κ3) is 3.30. The van der Waals surface area contributed by atoms with Crippen molar-refractivity contribution in [2.75, 3.05) is 11.4 Å². The molecular formula is C23H18F3N5O.